The van der Waals surface area contributed by atoms with Gasteiger partial charge in [-0.05, 0) is 24.8 Å². The quantitative estimate of drug-likeness (QED) is 0.642. The van der Waals surface area contributed by atoms with E-state index in [1.54, 1.807) is 6.08 Å². The monoisotopic (exact) mass is 196 g/mol. The smallest absolute Gasteiger partial charge is 0.212 e. The van der Waals surface area contributed by atoms with Crippen molar-refractivity contribution in [2.45, 2.75) is 30.9 Å². The topological polar surface area (TPSA) is 34.1 Å². The Morgan fingerprint density at radius 2 is 2.23 bits per heavy atom. The average Bonchev–Trinajstić information content (AvgIpc) is 2.52. The molecule has 0 aromatic carbocycles. The lowest BCUT2D eigenvalue weighted by Gasteiger charge is -2.24. The van der Waals surface area contributed by atoms with E-state index in [2.05, 4.69) is 0 Å². The van der Waals surface area contributed by atoms with Gasteiger partial charge in [-0.15, -0.1) is 0 Å². The molecule has 2 aliphatic rings. The van der Waals surface area contributed by atoms with Crippen LogP contribution in [0.1, 0.15) is 25.7 Å². The molecule has 1 saturated carbocycles. The first-order chi connectivity index (χ1) is 6.25. The molecule has 0 N–H and O–H groups in total. The summed E-state index contributed by atoms with van der Waals surface area (Å²) in [5.74, 6) is 0.776. The standard InChI is InChI=1S/C10H12O2S/c11-8-3-1-2-7(6-8)9-4-5-10(12)13-9/h4-5,7,9H,1-3,6H2. The van der Waals surface area contributed by atoms with Gasteiger partial charge in [-0.25, -0.2) is 0 Å². The maximum Gasteiger partial charge on any atom is 0.212 e. The van der Waals surface area contributed by atoms with E-state index < -0.39 is 0 Å². The van der Waals surface area contributed by atoms with E-state index >= 15 is 0 Å². The largest absolute Gasteiger partial charge is 0.300 e. The van der Waals surface area contributed by atoms with Crippen molar-refractivity contribution in [3.8, 4) is 0 Å². The Morgan fingerprint density at radius 1 is 1.38 bits per heavy atom. The fourth-order valence-corrected chi connectivity index (χ4v) is 2.99. The Labute approximate surface area is 81.8 Å². The molecule has 0 amide bonds. The van der Waals surface area contributed by atoms with Crippen LogP contribution in [0.5, 0.6) is 0 Å². The van der Waals surface area contributed by atoms with Gasteiger partial charge < -0.3 is 0 Å². The summed E-state index contributed by atoms with van der Waals surface area (Å²) in [6.07, 6.45) is 7.11. The Bertz CT molecular complexity index is 270. The molecule has 2 unspecified atom stereocenters. The summed E-state index contributed by atoms with van der Waals surface area (Å²) in [5, 5.41) is 0.416. The molecule has 1 fully saturated rings. The zero-order valence-corrected chi connectivity index (χ0v) is 8.18. The molecule has 2 rings (SSSR count). The lowest BCUT2D eigenvalue weighted by Crippen LogP contribution is -2.22. The van der Waals surface area contributed by atoms with E-state index in [0.717, 1.165) is 19.3 Å². The molecule has 13 heavy (non-hydrogen) atoms. The van der Waals surface area contributed by atoms with Crippen molar-refractivity contribution in [1.29, 1.82) is 0 Å². The van der Waals surface area contributed by atoms with E-state index in [1.165, 1.54) is 11.8 Å². The molecule has 0 radical (unpaired) electrons. The summed E-state index contributed by atoms with van der Waals surface area (Å²) >= 11 is 1.37. The zero-order chi connectivity index (χ0) is 9.26. The van der Waals surface area contributed by atoms with Crippen molar-refractivity contribution >= 4 is 22.7 Å². The lowest BCUT2D eigenvalue weighted by atomic mass is 9.86. The Morgan fingerprint density at radius 3 is 2.85 bits per heavy atom. The van der Waals surface area contributed by atoms with E-state index in [0.29, 0.717) is 18.1 Å². The fourth-order valence-electron chi connectivity index (χ4n) is 1.98. The van der Waals surface area contributed by atoms with Crippen LogP contribution in [0.2, 0.25) is 0 Å². The number of rotatable bonds is 1. The molecule has 0 aromatic rings. The molecule has 2 nitrogen and oxygen atoms in total. The lowest BCUT2D eigenvalue weighted by molar-refractivity contribution is -0.121. The predicted octanol–water partition coefficient (Wildman–Crippen LogP) is 1.94. The van der Waals surface area contributed by atoms with Crippen molar-refractivity contribution in [2.24, 2.45) is 5.92 Å². The predicted molar refractivity (Wildman–Crippen MR) is 52.5 cm³/mol. The maximum absolute atomic E-state index is 11.2. The minimum Gasteiger partial charge on any atom is -0.300 e. The fraction of sp³-hybridized carbons (Fsp3) is 0.600. The molecule has 1 aliphatic heterocycles. The molecule has 2 atom stereocenters. The third-order valence-electron chi connectivity index (χ3n) is 2.66. The molecule has 70 valence electrons. The van der Waals surface area contributed by atoms with E-state index in [1.807, 2.05) is 6.08 Å². The summed E-state index contributed by atoms with van der Waals surface area (Å²) < 4.78 is 0. The molecule has 0 saturated heterocycles. The first kappa shape index (κ1) is 9.00. The van der Waals surface area contributed by atoms with Gasteiger partial charge in [-0.2, -0.15) is 0 Å². The normalized spacial score (nSPS) is 34.2. The van der Waals surface area contributed by atoms with Gasteiger partial charge in [-0.1, -0.05) is 17.8 Å². The van der Waals surface area contributed by atoms with Crippen LogP contribution < -0.4 is 0 Å². The van der Waals surface area contributed by atoms with Gasteiger partial charge in [0.15, 0.2) is 0 Å². The summed E-state index contributed by atoms with van der Waals surface area (Å²) in [7, 11) is 0. The third-order valence-corrected chi connectivity index (χ3v) is 3.84. The highest BCUT2D eigenvalue weighted by molar-refractivity contribution is 8.15. The van der Waals surface area contributed by atoms with Crippen molar-refractivity contribution in [3.63, 3.8) is 0 Å². The number of thioether (sulfide) groups is 1. The molecule has 1 heterocycles. The minimum absolute atomic E-state index is 0.142. The summed E-state index contributed by atoms with van der Waals surface area (Å²) in [6, 6.07) is 0. The minimum atomic E-state index is 0.142. The number of Topliss-reactive ketones (excluding diaryl/α,β-unsaturated/α-hetero) is 1. The van der Waals surface area contributed by atoms with Crippen molar-refractivity contribution in [1.82, 2.24) is 0 Å². The Kier molecular flexibility index (Phi) is 2.54. The van der Waals surface area contributed by atoms with Crippen molar-refractivity contribution in [2.75, 3.05) is 0 Å². The van der Waals surface area contributed by atoms with Gasteiger partial charge >= 0.3 is 0 Å². The summed E-state index contributed by atoms with van der Waals surface area (Å²) in [5.41, 5.74) is 0. The maximum atomic E-state index is 11.2. The van der Waals surface area contributed by atoms with Crippen LogP contribution in [-0.2, 0) is 9.59 Å². The third kappa shape index (κ3) is 2.02. The highest BCUT2D eigenvalue weighted by atomic mass is 32.2. The SMILES string of the molecule is O=C1CCCC(C2C=CC(=O)S2)C1. The van der Waals surface area contributed by atoms with Gasteiger partial charge in [0, 0.05) is 18.1 Å². The number of hydrogen-bond acceptors (Lipinski definition) is 3. The summed E-state index contributed by atoms with van der Waals surface area (Å²) in [4.78, 5) is 22.2. The van der Waals surface area contributed by atoms with Crippen molar-refractivity contribution in [3.05, 3.63) is 12.2 Å². The summed E-state index contributed by atoms with van der Waals surface area (Å²) in [6.45, 7) is 0. The molecular weight excluding hydrogens is 184 g/mol. The van der Waals surface area contributed by atoms with E-state index in [9.17, 15) is 9.59 Å². The van der Waals surface area contributed by atoms with Gasteiger partial charge in [0.25, 0.3) is 0 Å². The molecule has 0 bridgehead atoms. The number of hydrogen-bond donors (Lipinski definition) is 0. The van der Waals surface area contributed by atoms with Crippen LogP contribution in [0, 0.1) is 5.92 Å². The van der Waals surface area contributed by atoms with Gasteiger partial charge in [0.2, 0.25) is 5.12 Å². The van der Waals surface area contributed by atoms with Gasteiger partial charge in [0.05, 0.1) is 0 Å². The van der Waals surface area contributed by atoms with E-state index in [-0.39, 0.29) is 10.4 Å². The Hall–Kier alpha value is -0.570. The van der Waals surface area contributed by atoms with Crippen LogP contribution in [-0.4, -0.2) is 16.1 Å². The van der Waals surface area contributed by atoms with Crippen molar-refractivity contribution < 1.29 is 9.59 Å². The first-order valence-corrected chi connectivity index (χ1v) is 5.54. The van der Waals surface area contributed by atoms with Crippen LogP contribution in [0.4, 0.5) is 0 Å². The molecule has 3 heteroatoms. The van der Waals surface area contributed by atoms with Gasteiger partial charge in [-0.3, -0.25) is 9.59 Å². The zero-order valence-electron chi connectivity index (χ0n) is 7.36. The molecule has 1 aliphatic carbocycles. The second-order valence-electron chi connectivity index (χ2n) is 3.66. The van der Waals surface area contributed by atoms with E-state index in [4.69, 9.17) is 0 Å². The first-order valence-electron chi connectivity index (χ1n) is 4.66. The highest BCUT2D eigenvalue weighted by Gasteiger charge is 2.29. The number of carbonyl (C=O) groups is 2. The molecule has 0 spiro atoms. The average molecular weight is 196 g/mol. The Balaban J connectivity index is 1.97. The van der Waals surface area contributed by atoms with Crippen LogP contribution >= 0.6 is 11.8 Å². The second kappa shape index (κ2) is 3.66. The second-order valence-corrected chi connectivity index (χ2v) is 4.84. The van der Waals surface area contributed by atoms with Crippen LogP contribution in [0.15, 0.2) is 12.2 Å². The highest BCUT2D eigenvalue weighted by Crippen LogP contribution is 2.35. The number of ketones is 1. The van der Waals surface area contributed by atoms with Crippen LogP contribution in [0.3, 0.4) is 0 Å². The molecule has 0 aromatic heterocycles. The molecular formula is C10H12O2S. The number of carbonyl (C=O) groups excluding carboxylic acids is 2. The van der Waals surface area contributed by atoms with Crippen LogP contribution in [0.25, 0.3) is 0 Å². The van der Waals surface area contributed by atoms with Gasteiger partial charge in [0.1, 0.15) is 5.78 Å².